The van der Waals surface area contributed by atoms with Crippen molar-refractivity contribution < 1.29 is 17.9 Å². The van der Waals surface area contributed by atoms with Crippen molar-refractivity contribution in [2.75, 3.05) is 7.11 Å². The molecule has 0 amide bonds. The summed E-state index contributed by atoms with van der Waals surface area (Å²) in [5.74, 6) is -0.0938. The van der Waals surface area contributed by atoms with Crippen molar-refractivity contribution in [1.82, 2.24) is 4.90 Å². The Hall–Kier alpha value is -0.790. The number of carbonyl (C=O) groups excluding carboxylic acids is 1. The minimum Gasteiger partial charge on any atom is -0.371 e. The lowest BCUT2D eigenvalue weighted by Gasteiger charge is -2.53. The Bertz CT molecular complexity index is 642. The number of ether oxygens (including phenoxy) is 1. The van der Waals surface area contributed by atoms with E-state index >= 15 is 0 Å². The topological polar surface area (TPSA) is 63.7 Å². The number of allylic oxidation sites excluding steroid dienone is 1. The zero-order valence-corrected chi connectivity index (χ0v) is 14.8. The van der Waals surface area contributed by atoms with E-state index in [4.69, 9.17) is 17.0 Å². The Morgan fingerprint density at radius 1 is 1.33 bits per heavy atom. The lowest BCUT2D eigenvalue weighted by atomic mass is 9.85. The van der Waals surface area contributed by atoms with Gasteiger partial charge in [-0.1, -0.05) is 33.0 Å². The molecule has 3 atom stereocenters. The lowest BCUT2D eigenvalue weighted by molar-refractivity contribution is -0.124. The molecule has 1 fully saturated rings. The fourth-order valence-corrected chi connectivity index (χ4v) is 5.40. The first kappa shape index (κ1) is 16.6. The van der Waals surface area contributed by atoms with E-state index in [2.05, 4.69) is 0 Å². The number of sulfone groups is 1. The van der Waals surface area contributed by atoms with Gasteiger partial charge in [-0.3, -0.25) is 4.79 Å². The minimum atomic E-state index is -3.45. The third kappa shape index (κ3) is 2.17. The molecule has 0 N–H and O–H groups in total. The second-order valence-corrected chi connectivity index (χ2v) is 9.38. The summed E-state index contributed by atoms with van der Waals surface area (Å²) in [4.78, 5) is 14.6. The lowest BCUT2D eigenvalue weighted by Crippen LogP contribution is -2.71. The van der Waals surface area contributed by atoms with Crippen molar-refractivity contribution in [2.24, 2.45) is 5.41 Å². The van der Waals surface area contributed by atoms with E-state index in [1.54, 1.807) is 13.8 Å². The summed E-state index contributed by atoms with van der Waals surface area (Å²) in [7, 11) is -2.02. The number of fused-ring (bicyclic) bond motifs is 1. The Labute approximate surface area is 131 Å². The van der Waals surface area contributed by atoms with Gasteiger partial charge in [0.05, 0.1) is 10.9 Å². The first-order valence-electron chi connectivity index (χ1n) is 6.80. The third-order valence-corrected chi connectivity index (χ3v) is 7.10. The van der Waals surface area contributed by atoms with E-state index < -0.39 is 32.0 Å². The number of ketones is 1. The summed E-state index contributed by atoms with van der Waals surface area (Å²) in [5.41, 5.74) is 0.381. The molecule has 1 saturated heterocycles. The third-order valence-electron chi connectivity index (χ3n) is 4.20. The highest BCUT2D eigenvalue weighted by atomic mass is 32.2. The van der Waals surface area contributed by atoms with Gasteiger partial charge in [0.15, 0.2) is 21.0 Å². The molecule has 1 unspecified atom stereocenters. The molecule has 2 aliphatic rings. The monoisotopic (exact) mass is 331 g/mol. The second kappa shape index (κ2) is 4.86. The van der Waals surface area contributed by atoms with Crippen LogP contribution in [0.25, 0.3) is 0 Å². The number of hydrogen-bond acceptors (Lipinski definition) is 5. The average molecular weight is 331 g/mol. The van der Waals surface area contributed by atoms with Crippen LogP contribution in [0.4, 0.5) is 0 Å². The van der Waals surface area contributed by atoms with Crippen LogP contribution in [0.3, 0.4) is 0 Å². The molecule has 2 rings (SSSR count). The number of thiocarbonyl (C=S) groups is 1. The van der Waals surface area contributed by atoms with Crippen LogP contribution in [-0.4, -0.2) is 47.9 Å². The van der Waals surface area contributed by atoms with Gasteiger partial charge < -0.3 is 9.64 Å². The summed E-state index contributed by atoms with van der Waals surface area (Å²) in [6.07, 6.45) is -0.650. The van der Waals surface area contributed by atoms with Crippen LogP contribution in [-0.2, 0) is 19.4 Å². The van der Waals surface area contributed by atoms with Gasteiger partial charge in [0, 0.05) is 12.5 Å². The van der Waals surface area contributed by atoms with Gasteiger partial charge in [-0.25, -0.2) is 8.42 Å². The number of rotatable bonds is 2. The summed E-state index contributed by atoms with van der Waals surface area (Å²) in [6, 6.07) is 0. The Balaban J connectivity index is 2.63. The predicted molar refractivity (Wildman–Crippen MR) is 84.6 cm³/mol. The maximum absolute atomic E-state index is 12.7. The zero-order valence-electron chi connectivity index (χ0n) is 13.1. The Morgan fingerprint density at radius 3 is 2.29 bits per heavy atom. The number of carbonyl (C=O) groups is 1. The first-order chi connectivity index (χ1) is 9.46. The number of methoxy groups -OCH3 is 1. The van der Waals surface area contributed by atoms with Gasteiger partial charge >= 0.3 is 0 Å². The minimum absolute atomic E-state index is 0.0938. The van der Waals surface area contributed by atoms with E-state index in [-0.39, 0.29) is 5.78 Å². The molecule has 0 saturated carbocycles. The van der Waals surface area contributed by atoms with Crippen molar-refractivity contribution >= 4 is 32.8 Å². The predicted octanol–water partition coefficient (Wildman–Crippen LogP) is 1.68. The van der Waals surface area contributed by atoms with Crippen molar-refractivity contribution in [3.05, 3.63) is 11.3 Å². The highest BCUT2D eigenvalue weighted by molar-refractivity contribution is 7.93. The van der Waals surface area contributed by atoms with Crippen LogP contribution in [0, 0.1) is 5.41 Å². The number of hydrogen-bond donors (Lipinski definition) is 0. The zero-order chi connectivity index (χ0) is 16.3. The molecule has 2 aliphatic heterocycles. The van der Waals surface area contributed by atoms with Crippen molar-refractivity contribution in [3.8, 4) is 0 Å². The normalized spacial score (nSPS) is 31.8. The summed E-state index contributed by atoms with van der Waals surface area (Å²) < 4.78 is 30.4. The van der Waals surface area contributed by atoms with Crippen molar-refractivity contribution in [3.63, 3.8) is 0 Å². The smallest absolute Gasteiger partial charge is 0.184 e. The molecule has 0 bridgehead atoms. The molecule has 21 heavy (non-hydrogen) atoms. The van der Waals surface area contributed by atoms with Crippen LogP contribution in [0.2, 0.25) is 0 Å². The van der Waals surface area contributed by atoms with Crippen LogP contribution >= 0.6 is 12.2 Å². The quantitative estimate of drug-likeness (QED) is 0.717. The summed E-state index contributed by atoms with van der Waals surface area (Å²) in [6.45, 7) is 8.76. The molecule has 7 heteroatoms. The van der Waals surface area contributed by atoms with E-state index in [0.717, 1.165) is 0 Å². The largest absolute Gasteiger partial charge is 0.371 e. The molecule has 0 aromatic heterocycles. The maximum Gasteiger partial charge on any atom is 0.184 e. The SMILES string of the molecule is CO[C@H]1C(=S)N2C(C(=O)C(C)(C)C)=C(C)C(C)S(=O)(=O)[C@H]12. The molecule has 0 spiro atoms. The van der Waals surface area contributed by atoms with Gasteiger partial charge in [0.1, 0.15) is 11.1 Å². The number of Topliss-reactive ketones (excluding diaryl/α,β-unsaturated/α-hetero) is 1. The maximum atomic E-state index is 12.7. The standard InChI is InChI=1S/C14H21NO4S2/c1-7-8(2)21(17,18)13-10(19-6)12(20)15(13)9(7)11(16)14(3,4)5/h8,10,13H,1-6H3/t8?,10-,13+/m0/s1. The van der Waals surface area contributed by atoms with Crippen molar-refractivity contribution in [1.29, 1.82) is 0 Å². The number of nitrogens with zero attached hydrogens (tertiary/aromatic N) is 1. The van der Waals surface area contributed by atoms with Crippen LogP contribution in [0.5, 0.6) is 0 Å². The van der Waals surface area contributed by atoms with Crippen molar-refractivity contribution in [2.45, 2.75) is 51.3 Å². The highest BCUT2D eigenvalue weighted by Crippen LogP contribution is 2.43. The Morgan fingerprint density at radius 2 is 1.86 bits per heavy atom. The average Bonchev–Trinajstić information content (AvgIpc) is 2.36. The highest BCUT2D eigenvalue weighted by Gasteiger charge is 2.59. The molecular formula is C14H21NO4S2. The van der Waals surface area contributed by atoms with Crippen LogP contribution in [0.15, 0.2) is 11.3 Å². The molecule has 0 aliphatic carbocycles. The van der Waals surface area contributed by atoms with Gasteiger partial charge in [-0.2, -0.15) is 0 Å². The van der Waals surface area contributed by atoms with E-state index in [0.29, 0.717) is 16.3 Å². The molecule has 0 aromatic rings. The molecule has 5 nitrogen and oxygen atoms in total. The van der Waals surface area contributed by atoms with Crippen LogP contribution < -0.4 is 0 Å². The fourth-order valence-electron chi connectivity index (χ4n) is 2.69. The molecular weight excluding hydrogens is 310 g/mol. The fraction of sp³-hybridized carbons (Fsp3) is 0.714. The van der Waals surface area contributed by atoms with Gasteiger partial charge in [-0.05, 0) is 19.4 Å². The van der Waals surface area contributed by atoms with Crippen LogP contribution in [0.1, 0.15) is 34.6 Å². The second-order valence-electron chi connectivity index (χ2n) is 6.60. The molecule has 0 radical (unpaired) electrons. The first-order valence-corrected chi connectivity index (χ1v) is 8.82. The van der Waals surface area contributed by atoms with E-state index in [9.17, 15) is 13.2 Å². The van der Waals surface area contributed by atoms with E-state index in [1.165, 1.54) is 12.0 Å². The molecule has 0 aromatic carbocycles. The summed E-state index contributed by atoms with van der Waals surface area (Å²) in [5, 5.41) is -1.59. The van der Waals surface area contributed by atoms with Gasteiger partial charge in [0.25, 0.3) is 0 Å². The van der Waals surface area contributed by atoms with Gasteiger partial charge in [-0.15, -0.1) is 0 Å². The Kier molecular flexibility index (Phi) is 3.84. The molecule has 118 valence electrons. The van der Waals surface area contributed by atoms with Gasteiger partial charge in [0.2, 0.25) is 0 Å². The van der Waals surface area contributed by atoms with E-state index in [1.807, 2.05) is 20.8 Å². The molecule has 2 heterocycles. The summed E-state index contributed by atoms with van der Waals surface area (Å²) >= 11 is 5.27.